The lowest BCUT2D eigenvalue weighted by Gasteiger charge is -2.08. The van der Waals surface area contributed by atoms with Gasteiger partial charge in [0.2, 0.25) is 0 Å². The van der Waals surface area contributed by atoms with Gasteiger partial charge in [0.1, 0.15) is 6.61 Å². The number of ether oxygens (including phenoxy) is 1. The van der Waals surface area contributed by atoms with E-state index < -0.39 is 25.3 Å². The van der Waals surface area contributed by atoms with Gasteiger partial charge in [0, 0.05) is 6.54 Å². The van der Waals surface area contributed by atoms with Crippen molar-refractivity contribution >= 4 is 6.09 Å². The molecule has 0 atom stereocenters. The van der Waals surface area contributed by atoms with Gasteiger partial charge in [-0.1, -0.05) is 6.92 Å². The number of alkyl carbamates (subject to hydrolysis) is 1. The maximum Gasteiger partial charge on any atom is 0.407 e. The van der Waals surface area contributed by atoms with E-state index in [4.69, 9.17) is 0 Å². The minimum Gasteiger partial charge on any atom is -0.449 e. The van der Waals surface area contributed by atoms with Crippen LogP contribution in [0.2, 0.25) is 0 Å². The molecule has 0 aromatic heterocycles. The molecule has 0 aliphatic carbocycles. The highest BCUT2D eigenvalue weighted by molar-refractivity contribution is 5.66. The summed E-state index contributed by atoms with van der Waals surface area (Å²) in [5.41, 5.74) is 0. The van der Waals surface area contributed by atoms with Gasteiger partial charge in [-0.15, -0.1) is 0 Å². The van der Waals surface area contributed by atoms with E-state index in [1.807, 2.05) is 6.92 Å². The van der Waals surface area contributed by atoms with Gasteiger partial charge in [-0.3, -0.25) is 0 Å². The summed E-state index contributed by atoms with van der Waals surface area (Å²) in [6.45, 7) is 3.30. The van der Waals surface area contributed by atoms with E-state index in [9.17, 15) is 18.0 Å². The van der Waals surface area contributed by atoms with Gasteiger partial charge < -0.3 is 15.4 Å². The van der Waals surface area contributed by atoms with E-state index in [0.29, 0.717) is 13.0 Å². The van der Waals surface area contributed by atoms with E-state index >= 15 is 0 Å². The third kappa shape index (κ3) is 11.1. The quantitative estimate of drug-likeness (QED) is 0.668. The molecule has 0 radical (unpaired) electrons. The Morgan fingerprint density at radius 3 is 2.56 bits per heavy atom. The average Bonchev–Trinajstić information content (AvgIpc) is 2.15. The number of nitrogens with one attached hydrogen (secondary N) is 2. The molecule has 0 spiro atoms. The highest BCUT2D eigenvalue weighted by atomic mass is 19.4. The molecule has 0 aliphatic rings. The summed E-state index contributed by atoms with van der Waals surface area (Å²) < 4.78 is 39.4. The highest BCUT2D eigenvalue weighted by Crippen LogP contribution is 2.18. The normalized spacial score (nSPS) is 11.2. The van der Waals surface area contributed by atoms with Crippen LogP contribution in [0.1, 0.15) is 19.8 Å². The van der Waals surface area contributed by atoms with Crippen molar-refractivity contribution in [1.29, 1.82) is 0 Å². The lowest BCUT2D eigenvalue weighted by molar-refractivity contribution is -0.141. The van der Waals surface area contributed by atoms with Gasteiger partial charge in [-0.05, 0) is 19.5 Å². The van der Waals surface area contributed by atoms with E-state index in [-0.39, 0.29) is 0 Å². The first-order valence-electron chi connectivity index (χ1n) is 5.14. The van der Waals surface area contributed by atoms with Gasteiger partial charge in [0.25, 0.3) is 0 Å². The summed E-state index contributed by atoms with van der Waals surface area (Å²) >= 11 is 0. The molecule has 4 nitrogen and oxygen atoms in total. The molecular formula is C9H17F3N2O2. The van der Waals surface area contributed by atoms with Crippen molar-refractivity contribution in [3.8, 4) is 0 Å². The van der Waals surface area contributed by atoms with Gasteiger partial charge >= 0.3 is 12.3 Å². The van der Waals surface area contributed by atoms with Gasteiger partial charge in [-0.25, -0.2) is 4.79 Å². The Morgan fingerprint density at radius 1 is 1.31 bits per heavy atom. The first kappa shape index (κ1) is 15.0. The third-order valence-corrected chi connectivity index (χ3v) is 1.67. The molecule has 7 heteroatoms. The van der Waals surface area contributed by atoms with Crippen LogP contribution < -0.4 is 10.6 Å². The number of rotatable bonds is 7. The summed E-state index contributed by atoms with van der Waals surface area (Å²) in [7, 11) is 0. The smallest absolute Gasteiger partial charge is 0.407 e. The zero-order valence-electron chi connectivity index (χ0n) is 9.19. The van der Waals surface area contributed by atoms with E-state index in [2.05, 4.69) is 15.4 Å². The van der Waals surface area contributed by atoms with Crippen LogP contribution >= 0.6 is 0 Å². The van der Waals surface area contributed by atoms with Crippen LogP contribution in [-0.2, 0) is 4.74 Å². The van der Waals surface area contributed by atoms with Crippen LogP contribution in [0.15, 0.2) is 0 Å². The molecule has 0 aromatic carbocycles. The predicted octanol–water partition coefficient (Wildman–Crippen LogP) is 1.66. The number of alkyl halides is 3. The lowest BCUT2D eigenvalue weighted by Crippen LogP contribution is -2.28. The molecule has 0 fully saturated rings. The molecule has 0 saturated heterocycles. The number of carbonyl (C=O) groups excluding carboxylic acids is 1. The number of hydrogen-bond acceptors (Lipinski definition) is 3. The van der Waals surface area contributed by atoms with Crippen molar-refractivity contribution in [2.45, 2.75) is 25.9 Å². The SMILES string of the molecule is CCNCCCNC(=O)OCCC(F)(F)F. The highest BCUT2D eigenvalue weighted by Gasteiger charge is 2.27. The molecule has 0 heterocycles. The summed E-state index contributed by atoms with van der Waals surface area (Å²) in [6.07, 6.45) is -5.49. The average molecular weight is 242 g/mol. The second-order valence-corrected chi connectivity index (χ2v) is 3.13. The van der Waals surface area contributed by atoms with Crippen LogP contribution in [0, 0.1) is 0 Å². The number of amides is 1. The zero-order chi connectivity index (χ0) is 12.4. The topological polar surface area (TPSA) is 50.4 Å². The monoisotopic (exact) mass is 242 g/mol. The molecule has 96 valence electrons. The molecule has 0 unspecified atom stereocenters. The summed E-state index contributed by atoms with van der Waals surface area (Å²) in [6, 6.07) is 0. The molecule has 0 rings (SSSR count). The molecule has 16 heavy (non-hydrogen) atoms. The Balaban J connectivity index is 3.32. The van der Waals surface area contributed by atoms with Gasteiger partial charge in [-0.2, -0.15) is 13.2 Å². The number of carbonyl (C=O) groups is 1. The predicted molar refractivity (Wildman–Crippen MR) is 53.2 cm³/mol. The van der Waals surface area contributed by atoms with Crippen LogP contribution in [0.3, 0.4) is 0 Å². The number of halogens is 3. The molecule has 0 saturated carbocycles. The Morgan fingerprint density at radius 2 is 2.00 bits per heavy atom. The fourth-order valence-corrected chi connectivity index (χ4v) is 0.891. The Bertz CT molecular complexity index is 198. The number of hydrogen-bond donors (Lipinski definition) is 2. The minimum atomic E-state index is -4.29. The second kappa shape index (κ2) is 8.20. The van der Waals surface area contributed by atoms with E-state index in [1.54, 1.807) is 0 Å². The first-order chi connectivity index (χ1) is 7.45. The summed E-state index contributed by atoms with van der Waals surface area (Å²) in [5, 5.41) is 5.40. The maximum atomic E-state index is 11.7. The maximum absolute atomic E-state index is 11.7. The molecule has 0 aliphatic heterocycles. The zero-order valence-corrected chi connectivity index (χ0v) is 9.19. The Hall–Kier alpha value is -0.980. The van der Waals surface area contributed by atoms with Crippen molar-refractivity contribution in [2.75, 3.05) is 26.2 Å². The Kier molecular flexibility index (Phi) is 7.70. The fraction of sp³-hybridized carbons (Fsp3) is 0.889. The summed E-state index contributed by atoms with van der Waals surface area (Å²) in [5.74, 6) is 0. The van der Waals surface area contributed by atoms with Crippen molar-refractivity contribution < 1.29 is 22.7 Å². The fourth-order valence-electron chi connectivity index (χ4n) is 0.891. The minimum absolute atomic E-state index is 0.387. The standard InChI is InChI=1S/C9H17F3N2O2/c1-2-13-5-3-6-14-8(15)16-7-4-9(10,11)12/h13H,2-7H2,1H3,(H,14,15). The van der Waals surface area contributed by atoms with E-state index in [1.165, 1.54) is 0 Å². The molecule has 2 N–H and O–H groups in total. The molecule has 1 amide bonds. The van der Waals surface area contributed by atoms with Gasteiger partial charge in [0.15, 0.2) is 0 Å². The largest absolute Gasteiger partial charge is 0.449 e. The summed E-state index contributed by atoms with van der Waals surface area (Å²) in [4.78, 5) is 10.8. The molecule has 0 bridgehead atoms. The van der Waals surface area contributed by atoms with Crippen LogP contribution in [0.25, 0.3) is 0 Å². The van der Waals surface area contributed by atoms with E-state index in [0.717, 1.165) is 13.1 Å². The van der Waals surface area contributed by atoms with Crippen LogP contribution in [-0.4, -0.2) is 38.5 Å². The van der Waals surface area contributed by atoms with Gasteiger partial charge in [0.05, 0.1) is 6.42 Å². The first-order valence-corrected chi connectivity index (χ1v) is 5.14. The lowest BCUT2D eigenvalue weighted by atomic mass is 10.4. The molecular weight excluding hydrogens is 225 g/mol. The Labute approximate surface area is 92.5 Å². The van der Waals surface area contributed by atoms with Crippen molar-refractivity contribution in [2.24, 2.45) is 0 Å². The molecule has 0 aromatic rings. The van der Waals surface area contributed by atoms with Crippen LogP contribution in [0.4, 0.5) is 18.0 Å². The second-order valence-electron chi connectivity index (χ2n) is 3.13. The van der Waals surface area contributed by atoms with Crippen molar-refractivity contribution in [3.63, 3.8) is 0 Å². The van der Waals surface area contributed by atoms with Crippen molar-refractivity contribution in [1.82, 2.24) is 10.6 Å². The van der Waals surface area contributed by atoms with Crippen molar-refractivity contribution in [3.05, 3.63) is 0 Å². The van der Waals surface area contributed by atoms with Crippen LogP contribution in [0.5, 0.6) is 0 Å². The third-order valence-electron chi connectivity index (χ3n) is 1.67.